The highest BCUT2D eigenvalue weighted by Gasteiger charge is 2.00. The smallest absolute Gasteiger partial charge is 0.243 e. The van der Waals surface area contributed by atoms with Gasteiger partial charge in [-0.1, -0.05) is 45.4 Å². The predicted molar refractivity (Wildman–Crippen MR) is 68.6 cm³/mol. The quantitative estimate of drug-likeness (QED) is 0.425. The summed E-state index contributed by atoms with van der Waals surface area (Å²) in [6, 6.07) is 0. The number of carbonyl (C=O) groups is 1. The lowest BCUT2D eigenvalue weighted by Gasteiger charge is -2.05. The van der Waals surface area contributed by atoms with Gasteiger partial charge < -0.3 is 4.74 Å². The van der Waals surface area contributed by atoms with E-state index < -0.39 is 0 Å². The molecule has 0 aromatic carbocycles. The van der Waals surface area contributed by atoms with Gasteiger partial charge in [-0.05, 0) is 6.42 Å². The second-order valence-corrected chi connectivity index (χ2v) is 4.24. The fourth-order valence-corrected chi connectivity index (χ4v) is 1.55. The molecular formula is C13H27NO3. The number of ether oxygens (including phenoxy) is 1. The van der Waals surface area contributed by atoms with Crippen LogP contribution in [0.3, 0.4) is 0 Å². The Morgan fingerprint density at radius 1 is 1.00 bits per heavy atom. The van der Waals surface area contributed by atoms with Crippen molar-refractivity contribution in [1.82, 2.24) is 5.48 Å². The van der Waals surface area contributed by atoms with Crippen molar-refractivity contribution in [2.45, 2.75) is 58.3 Å². The molecule has 4 heteroatoms. The summed E-state index contributed by atoms with van der Waals surface area (Å²) in [5.41, 5.74) is 2.41. The molecule has 0 aliphatic carbocycles. The van der Waals surface area contributed by atoms with Crippen molar-refractivity contribution in [3.05, 3.63) is 0 Å². The van der Waals surface area contributed by atoms with E-state index in [4.69, 9.17) is 9.57 Å². The fourth-order valence-electron chi connectivity index (χ4n) is 1.55. The topological polar surface area (TPSA) is 47.6 Å². The van der Waals surface area contributed by atoms with E-state index in [9.17, 15) is 4.79 Å². The zero-order chi connectivity index (χ0) is 12.8. The lowest BCUT2D eigenvalue weighted by atomic mass is 10.1. The molecule has 17 heavy (non-hydrogen) atoms. The molecule has 0 saturated carbocycles. The maximum atomic E-state index is 11.3. The number of rotatable bonds is 12. The fraction of sp³-hybridized carbons (Fsp3) is 0.923. The molecule has 0 unspecified atom stereocenters. The van der Waals surface area contributed by atoms with Gasteiger partial charge in [-0.15, -0.1) is 0 Å². The molecule has 0 spiro atoms. The number of hydrogen-bond acceptors (Lipinski definition) is 3. The molecule has 0 radical (unpaired) electrons. The maximum Gasteiger partial charge on any atom is 0.243 e. The van der Waals surface area contributed by atoms with Crippen molar-refractivity contribution < 1.29 is 14.4 Å². The van der Waals surface area contributed by atoms with E-state index in [0.717, 1.165) is 12.8 Å². The number of hydroxylamine groups is 1. The van der Waals surface area contributed by atoms with Gasteiger partial charge in [-0.25, -0.2) is 5.48 Å². The van der Waals surface area contributed by atoms with Gasteiger partial charge in [-0.3, -0.25) is 9.63 Å². The van der Waals surface area contributed by atoms with Crippen LogP contribution in [0, 0.1) is 0 Å². The van der Waals surface area contributed by atoms with Crippen molar-refractivity contribution in [2.75, 3.05) is 20.3 Å². The summed E-state index contributed by atoms with van der Waals surface area (Å²) in [6.07, 6.45) is 9.09. The minimum Gasteiger partial charge on any atom is -0.382 e. The van der Waals surface area contributed by atoms with Crippen molar-refractivity contribution in [1.29, 1.82) is 0 Å². The summed E-state index contributed by atoms with van der Waals surface area (Å²) in [6.45, 7) is 3.12. The third-order valence-electron chi connectivity index (χ3n) is 2.58. The van der Waals surface area contributed by atoms with Crippen molar-refractivity contribution in [3.63, 3.8) is 0 Å². The van der Waals surface area contributed by atoms with E-state index in [2.05, 4.69) is 12.4 Å². The number of nitrogens with one attached hydrogen (secondary N) is 1. The van der Waals surface area contributed by atoms with E-state index in [1.807, 2.05) is 0 Å². The summed E-state index contributed by atoms with van der Waals surface area (Å²) in [5.74, 6) is -0.0327. The van der Waals surface area contributed by atoms with E-state index >= 15 is 0 Å². The Morgan fingerprint density at radius 2 is 1.65 bits per heavy atom. The summed E-state index contributed by atoms with van der Waals surface area (Å²) in [5, 5.41) is 0. The molecular weight excluding hydrogens is 218 g/mol. The first-order chi connectivity index (χ1) is 8.31. The van der Waals surface area contributed by atoms with E-state index in [1.165, 1.54) is 32.1 Å². The third kappa shape index (κ3) is 13.3. The summed E-state index contributed by atoms with van der Waals surface area (Å²) in [4.78, 5) is 16.2. The van der Waals surface area contributed by atoms with Crippen molar-refractivity contribution >= 4 is 5.91 Å². The molecule has 0 heterocycles. The monoisotopic (exact) mass is 245 g/mol. The standard InChI is InChI=1S/C13H27NO3/c1-3-4-5-6-7-8-9-10-13(15)14-17-12-11-16-2/h3-12H2,1-2H3,(H,14,15). The number of unbranched alkanes of at least 4 members (excludes halogenated alkanes) is 6. The molecule has 4 nitrogen and oxygen atoms in total. The van der Waals surface area contributed by atoms with Crippen LogP contribution < -0.4 is 5.48 Å². The van der Waals surface area contributed by atoms with Crippen LogP contribution in [0.1, 0.15) is 58.3 Å². The van der Waals surface area contributed by atoms with Gasteiger partial charge in [0.15, 0.2) is 0 Å². The van der Waals surface area contributed by atoms with Crippen LogP contribution in [0.5, 0.6) is 0 Å². The van der Waals surface area contributed by atoms with Gasteiger partial charge in [0.05, 0.1) is 13.2 Å². The van der Waals surface area contributed by atoms with E-state index in [1.54, 1.807) is 7.11 Å². The number of methoxy groups -OCH3 is 1. The van der Waals surface area contributed by atoms with Gasteiger partial charge in [0.25, 0.3) is 0 Å². The van der Waals surface area contributed by atoms with Crippen LogP contribution in [0.4, 0.5) is 0 Å². The lowest BCUT2D eigenvalue weighted by molar-refractivity contribution is -0.134. The average molecular weight is 245 g/mol. The molecule has 0 bridgehead atoms. The lowest BCUT2D eigenvalue weighted by Crippen LogP contribution is -2.25. The van der Waals surface area contributed by atoms with Crippen molar-refractivity contribution in [2.24, 2.45) is 0 Å². The second kappa shape index (κ2) is 13.5. The molecule has 0 rings (SSSR count). The highest BCUT2D eigenvalue weighted by atomic mass is 16.7. The van der Waals surface area contributed by atoms with E-state index in [-0.39, 0.29) is 5.91 Å². The number of hydrogen-bond donors (Lipinski definition) is 1. The normalized spacial score (nSPS) is 10.5. The molecule has 0 atom stereocenters. The van der Waals surface area contributed by atoms with Crippen LogP contribution >= 0.6 is 0 Å². The largest absolute Gasteiger partial charge is 0.382 e. The Kier molecular flexibility index (Phi) is 13.0. The van der Waals surface area contributed by atoms with Crippen LogP contribution in [0.15, 0.2) is 0 Å². The zero-order valence-electron chi connectivity index (χ0n) is 11.3. The van der Waals surface area contributed by atoms with Crippen LogP contribution in [0.2, 0.25) is 0 Å². The number of carbonyl (C=O) groups excluding carboxylic acids is 1. The molecule has 0 aliphatic heterocycles. The minimum atomic E-state index is -0.0327. The Balaban J connectivity index is 3.11. The molecule has 102 valence electrons. The van der Waals surface area contributed by atoms with Gasteiger partial charge in [-0.2, -0.15) is 0 Å². The van der Waals surface area contributed by atoms with Crippen LogP contribution in [0.25, 0.3) is 0 Å². The Bertz CT molecular complexity index is 174. The predicted octanol–water partition coefficient (Wildman–Crippen LogP) is 2.82. The molecule has 1 amide bonds. The highest BCUT2D eigenvalue weighted by molar-refractivity contribution is 5.74. The molecule has 0 fully saturated rings. The van der Waals surface area contributed by atoms with Crippen LogP contribution in [-0.2, 0) is 14.4 Å². The average Bonchev–Trinajstić information content (AvgIpc) is 2.33. The van der Waals surface area contributed by atoms with Crippen molar-refractivity contribution in [3.8, 4) is 0 Å². The molecule has 0 aliphatic rings. The SMILES string of the molecule is CCCCCCCCCC(=O)NOCCOC. The third-order valence-corrected chi connectivity index (χ3v) is 2.58. The van der Waals surface area contributed by atoms with Gasteiger partial charge >= 0.3 is 0 Å². The summed E-state index contributed by atoms with van der Waals surface area (Å²) in [7, 11) is 1.60. The highest BCUT2D eigenvalue weighted by Crippen LogP contribution is 2.08. The summed E-state index contributed by atoms with van der Waals surface area (Å²) < 4.78 is 4.79. The Labute approximate surface area is 105 Å². The Morgan fingerprint density at radius 3 is 2.29 bits per heavy atom. The molecule has 1 N–H and O–H groups in total. The van der Waals surface area contributed by atoms with Gasteiger partial charge in [0, 0.05) is 13.5 Å². The van der Waals surface area contributed by atoms with Gasteiger partial charge in [0.2, 0.25) is 5.91 Å². The number of amides is 1. The molecule has 0 aromatic rings. The van der Waals surface area contributed by atoms with Gasteiger partial charge in [0.1, 0.15) is 0 Å². The first-order valence-electron chi connectivity index (χ1n) is 6.70. The first-order valence-corrected chi connectivity index (χ1v) is 6.70. The van der Waals surface area contributed by atoms with E-state index in [0.29, 0.717) is 19.6 Å². The summed E-state index contributed by atoms with van der Waals surface area (Å²) >= 11 is 0. The molecule has 0 saturated heterocycles. The van der Waals surface area contributed by atoms with Crippen LogP contribution in [-0.4, -0.2) is 26.2 Å². The maximum absolute atomic E-state index is 11.3. The second-order valence-electron chi connectivity index (χ2n) is 4.24. The zero-order valence-corrected chi connectivity index (χ0v) is 11.3. The molecule has 0 aromatic heterocycles. The first kappa shape index (κ1) is 16.4. The minimum absolute atomic E-state index is 0.0327. The Hall–Kier alpha value is -0.610.